The average Bonchev–Trinajstić information content (AvgIpc) is 3.03. The average molecular weight is 343 g/mol. The summed E-state index contributed by atoms with van der Waals surface area (Å²) in [6.45, 7) is 0.875. The lowest BCUT2D eigenvalue weighted by Gasteiger charge is -2.23. The number of aliphatic hydroxyl groups is 1. The molecule has 2 aromatic carbocycles. The van der Waals surface area contributed by atoms with Gasteiger partial charge in [0.25, 0.3) is 0 Å². The largest absolute Gasteiger partial charge is 0.491 e. The maximum Gasteiger partial charge on any atom is 0.223 e. The Morgan fingerprint density at radius 1 is 1.16 bits per heavy atom. The van der Waals surface area contributed by atoms with Crippen LogP contribution >= 0.6 is 0 Å². The molecular formula is C20H22FNO3. The first kappa shape index (κ1) is 17.4. The third kappa shape index (κ3) is 4.79. The summed E-state index contributed by atoms with van der Waals surface area (Å²) in [5, 5.41) is 10.6. The summed E-state index contributed by atoms with van der Waals surface area (Å²) < 4.78 is 18.4. The summed E-state index contributed by atoms with van der Waals surface area (Å²) >= 11 is 0. The number of halogens is 1. The number of carbonyl (C=O) groups excluding carboxylic acids is 1. The van der Waals surface area contributed by atoms with Crippen molar-refractivity contribution in [1.29, 1.82) is 0 Å². The number of β-amino-alcohol motifs (C(OH)–C–C–N with tert-alkyl or cyclic N) is 1. The quantitative estimate of drug-likeness (QED) is 0.877. The molecule has 0 saturated carbocycles. The van der Waals surface area contributed by atoms with E-state index in [4.69, 9.17) is 4.74 Å². The molecule has 0 radical (unpaired) electrons. The van der Waals surface area contributed by atoms with Gasteiger partial charge in [0.1, 0.15) is 23.8 Å². The van der Waals surface area contributed by atoms with Gasteiger partial charge in [-0.3, -0.25) is 4.79 Å². The van der Waals surface area contributed by atoms with Crippen molar-refractivity contribution in [3.63, 3.8) is 0 Å². The number of amides is 1. The van der Waals surface area contributed by atoms with E-state index in [1.807, 2.05) is 30.3 Å². The molecule has 1 heterocycles. The molecule has 1 atom stereocenters. The zero-order chi connectivity index (χ0) is 17.7. The van der Waals surface area contributed by atoms with Crippen LogP contribution in [-0.4, -0.2) is 41.2 Å². The Balaban J connectivity index is 1.48. The van der Waals surface area contributed by atoms with E-state index in [1.54, 1.807) is 4.90 Å². The molecular weight excluding hydrogens is 321 g/mol. The van der Waals surface area contributed by atoms with E-state index < -0.39 is 5.60 Å². The lowest BCUT2D eigenvalue weighted by atomic mass is 10.1. The predicted octanol–water partition coefficient (Wildman–Crippen LogP) is 2.80. The van der Waals surface area contributed by atoms with Crippen molar-refractivity contribution >= 4 is 5.91 Å². The van der Waals surface area contributed by atoms with Gasteiger partial charge in [-0.25, -0.2) is 4.39 Å². The van der Waals surface area contributed by atoms with Crippen molar-refractivity contribution in [3.05, 3.63) is 66.0 Å². The molecule has 132 valence electrons. The summed E-state index contributed by atoms with van der Waals surface area (Å²) in [6, 6.07) is 15.6. The Kier molecular flexibility index (Phi) is 5.34. The molecule has 0 spiro atoms. The highest BCUT2D eigenvalue weighted by atomic mass is 19.1. The second-order valence-electron chi connectivity index (χ2n) is 6.52. The van der Waals surface area contributed by atoms with Crippen LogP contribution in [0.5, 0.6) is 5.75 Å². The number of aryl methyl sites for hydroxylation is 1. The Hall–Kier alpha value is -2.40. The molecule has 0 bridgehead atoms. The molecule has 1 fully saturated rings. The summed E-state index contributed by atoms with van der Waals surface area (Å²) in [5.41, 5.74) is 0.0708. The van der Waals surface area contributed by atoms with Crippen LogP contribution in [-0.2, 0) is 11.2 Å². The second kappa shape index (κ2) is 7.66. The van der Waals surface area contributed by atoms with Gasteiger partial charge in [0.2, 0.25) is 5.91 Å². The predicted molar refractivity (Wildman–Crippen MR) is 92.8 cm³/mol. The Morgan fingerprint density at radius 2 is 1.88 bits per heavy atom. The highest BCUT2D eigenvalue weighted by Crippen LogP contribution is 2.24. The Labute approximate surface area is 146 Å². The van der Waals surface area contributed by atoms with Crippen molar-refractivity contribution in [1.82, 2.24) is 4.90 Å². The van der Waals surface area contributed by atoms with Gasteiger partial charge >= 0.3 is 0 Å². The number of nitrogens with zero attached hydrogens (tertiary/aromatic N) is 1. The topological polar surface area (TPSA) is 49.8 Å². The summed E-state index contributed by atoms with van der Waals surface area (Å²) in [7, 11) is 0. The van der Waals surface area contributed by atoms with Gasteiger partial charge in [-0.15, -0.1) is 0 Å². The molecule has 1 N–H and O–H groups in total. The van der Waals surface area contributed by atoms with Crippen LogP contribution in [0.4, 0.5) is 4.39 Å². The fourth-order valence-electron chi connectivity index (χ4n) is 2.99. The third-order valence-corrected chi connectivity index (χ3v) is 4.48. The molecule has 0 aliphatic carbocycles. The second-order valence-corrected chi connectivity index (χ2v) is 6.52. The van der Waals surface area contributed by atoms with E-state index >= 15 is 0 Å². The molecule has 1 aliphatic heterocycles. The summed E-state index contributed by atoms with van der Waals surface area (Å²) in [5.74, 6) is 0.215. The number of benzene rings is 2. The molecule has 3 rings (SSSR count). The van der Waals surface area contributed by atoms with Crippen LogP contribution in [0.25, 0.3) is 0 Å². The van der Waals surface area contributed by atoms with Gasteiger partial charge in [-0.2, -0.15) is 0 Å². The number of rotatable bonds is 6. The van der Waals surface area contributed by atoms with Crippen molar-refractivity contribution < 1.29 is 19.0 Å². The van der Waals surface area contributed by atoms with Crippen molar-refractivity contribution in [2.24, 2.45) is 0 Å². The third-order valence-electron chi connectivity index (χ3n) is 4.48. The van der Waals surface area contributed by atoms with E-state index in [0.29, 0.717) is 31.6 Å². The Morgan fingerprint density at radius 3 is 2.60 bits per heavy atom. The van der Waals surface area contributed by atoms with E-state index in [0.717, 1.165) is 5.56 Å². The minimum Gasteiger partial charge on any atom is -0.491 e. The van der Waals surface area contributed by atoms with E-state index in [1.165, 1.54) is 24.3 Å². The standard InChI is InChI=1S/C20H22FNO3/c21-17-7-9-18(10-8-17)25-15-20(24)12-13-22(14-20)19(23)11-6-16-4-2-1-3-5-16/h1-5,7-10,24H,6,11-15H2/t20-/m0/s1. The summed E-state index contributed by atoms with van der Waals surface area (Å²) in [6.07, 6.45) is 1.60. The molecule has 0 aromatic heterocycles. The van der Waals surface area contributed by atoms with E-state index in [2.05, 4.69) is 0 Å². The zero-order valence-electron chi connectivity index (χ0n) is 14.0. The number of ether oxygens (including phenoxy) is 1. The van der Waals surface area contributed by atoms with Crippen molar-refractivity contribution in [3.8, 4) is 5.75 Å². The van der Waals surface area contributed by atoms with Crippen LogP contribution in [0, 0.1) is 5.82 Å². The van der Waals surface area contributed by atoms with Crippen LogP contribution in [0.1, 0.15) is 18.4 Å². The first-order valence-electron chi connectivity index (χ1n) is 8.47. The highest BCUT2D eigenvalue weighted by Gasteiger charge is 2.38. The molecule has 0 unspecified atom stereocenters. The molecule has 4 nitrogen and oxygen atoms in total. The van der Waals surface area contributed by atoms with Crippen LogP contribution in [0.3, 0.4) is 0 Å². The molecule has 1 aliphatic rings. The fraction of sp³-hybridized carbons (Fsp3) is 0.350. The van der Waals surface area contributed by atoms with Crippen LogP contribution in [0.15, 0.2) is 54.6 Å². The van der Waals surface area contributed by atoms with Crippen LogP contribution < -0.4 is 4.74 Å². The number of carbonyl (C=O) groups is 1. The molecule has 25 heavy (non-hydrogen) atoms. The van der Waals surface area contributed by atoms with Gasteiger partial charge < -0.3 is 14.7 Å². The SMILES string of the molecule is O=C(CCc1ccccc1)N1CC[C@@](O)(COc2ccc(F)cc2)C1. The number of hydrogen-bond acceptors (Lipinski definition) is 3. The minimum atomic E-state index is -1.06. The summed E-state index contributed by atoms with van der Waals surface area (Å²) in [4.78, 5) is 14.0. The number of likely N-dealkylation sites (tertiary alicyclic amines) is 1. The zero-order valence-corrected chi connectivity index (χ0v) is 14.0. The van der Waals surface area contributed by atoms with E-state index in [-0.39, 0.29) is 24.9 Å². The molecule has 2 aromatic rings. The first-order valence-corrected chi connectivity index (χ1v) is 8.47. The molecule has 1 amide bonds. The first-order chi connectivity index (χ1) is 12.0. The highest BCUT2D eigenvalue weighted by molar-refractivity contribution is 5.77. The molecule has 5 heteroatoms. The van der Waals surface area contributed by atoms with Gasteiger partial charge in [-0.1, -0.05) is 30.3 Å². The maximum absolute atomic E-state index is 12.9. The minimum absolute atomic E-state index is 0.0431. The normalized spacial score (nSPS) is 19.8. The van der Waals surface area contributed by atoms with Gasteiger partial charge in [0, 0.05) is 13.0 Å². The fourth-order valence-corrected chi connectivity index (χ4v) is 2.99. The van der Waals surface area contributed by atoms with Gasteiger partial charge in [0.15, 0.2) is 0 Å². The molecule has 1 saturated heterocycles. The van der Waals surface area contributed by atoms with E-state index in [9.17, 15) is 14.3 Å². The van der Waals surface area contributed by atoms with Crippen LogP contribution in [0.2, 0.25) is 0 Å². The van der Waals surface area contributed by atoms with Gasteiger partial charge in [-0.05, 0) is 42.7 Å². The smallest absolute Gasteiger partial charge is 0.223 e. The maximum atomic E-state index is 12.9. The van der Waals surface area contributed by atoms with Crippen molar-refractivity contribution in [2.45, 2.75) is 24.9 Å². The van der Waals surface area contributed by atoms with Gasteiger partial charge in [0.05, 0.1) is 6.54 Å². The lowest BCUT2D eigenvalue weighted by Crippen LogP contribution is -2.40. The monoisotopic (exact) mass is 343 g/mol. The Bertz CT molecular complexity index is 705. The number of hydrogen-bond donors (Lipinski definition) is 1. The lowest BCUT2D eigenvalue weighted by molar-refractivity contribution is -0.131. The van der Waals surface area contributed by atoms with Crippen molar-refractivity contribution in [2.75, 3.05) is 19.7 Å².